The van der Waals surface area contributed by atoms with Crippen LogP contribution in [-0.4, -0.2) is 41.1 Å². The fourth-order valence-corrected chi connectivity index (χ4v) is 4.46. The van der Waals surface area contributed by atoms with Gasteiger partial charge in [-0.3, -0.25) is 0 Å². The molecule has 37 heavy (non-hydrogen) atoms. The molecule has 1 heterocycles. The van der Waals surface area contributed by atoms with Crippen LogP contribution in [0.3, 0.4) is 0 Å². The van der Waals surface area contributed by atoms with Crippen molar-refractivity contribution in [1.29, 1.82) is 0 Å². The van der Waals surface area contributed by atoms with Crippen LogP contribution in [0.2, 0.25) is 0 Å². The molecule has 1 aliphatic rings. The minimum absolute atomic E-state index is 0.134. The summed E-state index contributed by atoms with van der Waals surface area (Å²) in [4.78, 5) is 12.1. The lowest BCUT2D eigenvalue weighted by Gasteiger charge is -2.28. The molecule has 1 aliphatic heterocycles. The number of rotatable bonds is 13. The van der Waals surface area contributed by atoms with Gasteiger partial charge in [-0.15, -0.1) is 0 Å². The zero-order valence-corrected chi connectivity index (χ0v) is 20.9. The molecular formula is C31H34O6. The summed E-state index contributed by atoms with van der Waals surface area (Å²) in [7, 11) is 0. The van der Waals surface area contributed by atoms with E-state index in [9.17, 15) is 15.0 Å². The molecule has 0 saturated heterocycles. The van der Waals surface area contributed by atoms with Gasteiger partial charge in [-0.1, -0.05) is 84.9 Å². The van der Waals surface area contributed by atoms with E-state index in [-0.39, 0.29) is 17.8 Å². The fourth-order valence-electron chi connectivity index (χ4n) is 4.46. The first-order valence-corrected chi connectivity index (χ1v) is 12.7. The number of carbonyl (C=O) groups is 1. The van der Waals surface area contributed by atoms with Gasteiger partial charge < -0.3 is 24.4 Å². The Balaban J connectivity index is 1.29. The number of ether oxygens (including phenoxy) is 3. The van der Waals surface area contributed by atoms with E-state index in [0.717, 1.165) is 11.1 Å². The Morgan fingerprint density at radius 2 is 1.65 bits per heavy atom. The first kappa shape index (κ1) is 26.6. The molecule has 6 heteroatoms. The van der Waals surface area contributed by atoms with Crippen molar-refractivity contribution < 1.29 is 29.2 Å². The first-order chi connectivity index (χ1) is 18.1. The van der Waals surface area contributed by atoms with E-state index in [1.54, 1.807) is 12.1 Å². The van der Waals surface area contributed by atoms with Crippen molar-refractivity contribution in [1.82, 2.24) is 0 Å². The summed E-state index contributed by atoms with van der Waals surface area (Å²) >= 11 is 0. The van der Waals surface area contributed by atoms with Gasteiger partial charge in [-0.05, 0) is 42.0 Å². The van der Waals surface area contributed by atoms with E-state index in [1.807, 2.05) is 78.9 Å². The predicted octanol–water partition coefficient (Wildman–Crippen LogP) is 5.58. The van der Waals surface area contributed by atoms with Crippen molar-refractivity contribution in [3.05, 3.63) is 113 Å². The third kappa shape index (κ3) is 8.29. The second-order valence-electron chi connectivity index (χ2n) is 9.25. The minimum atomic E-state index is -1.03. The average molecular weight is 503 g/mol. The summed E-state index contributed by atoms with van der Waals surface area (Å²) in [6.07, 6.45) is 5.23. The van der Waals surface area contributed by atoms with Crippen molar-refractivity contribution in [2.75, 3.05) is 6.61 Å². The molecule has 0 bridgehead atoms. The second kappa shape index (κ2) is 13.7. The molecule has 3 aromatic rings. The van der Waals surface area contributed by atoms with Crippen molar-refractivity contribution in [3.8, 4) is 5.75 Å². The summed E-state index contributed by atoms with van der Waals surface area (Å²) in [5.74, 6) is -0.683. The molecule has 0 amide bonds. The lowest BCUT2D eigenvalue weighted by Crippen LogP contribution is -2.30. The number of hydrogen-bond donors (Lipinski definition) is 2. The van der Waals surface area contributed by atoms with Crippen molar-refractivity contribution >= 4 is 5.97 Å². The van der Waals surface area contributed by atoms with Crippen molar-refractivity contribution in [2.45, 2.75) is 57.2 Å². The third-order valence-electron chi connectivity index (χ3n) is 6.34. The summed E-state index contributed by atoms with van der Waals surface area (Å²) in [5, 5.41) is 20.4. The van der Waals surface area contributed by atoms with Crippen LogP contribution < -0.4 is 4.74 Å². The van der Waals surface area contributed by atoms with Gasteiger partial charge >= 0.3 is 5.97 Å². The standard InChI is InChI=1S/C31H34O6/c32-26(17-18-35-21-23-9-3-1-4-10-23)20-28-15-8-14-27(37-28)19-25-13-7-16-29(30(25)31(33)34)36-22-24-11-5-2-6-12-24/h1-14,16,26-28,32H,15,17-22H2,(H,33,34)/t26-,27+,28+/m0/s1. The summed E-state index contributed by atoms with van der Waals surface area (Å²) < 4.78 is 17.8. The first-order valence-electron chi connectivity index (χ1n) is 12.7. The molecule has 0 saturated carbocycles. The Hall–Kier alpha value is -3.45. The molecule has 3 atom stereocenters. The van der Waals surface area contributed by atoms with Gasteiger partial charge in [-0.2, -0.15) is 0 Å². The van der Waals surface area contributed by atoms with Gasteiger partial charge in [0.25, 0.3) is 0 Å². The zero-order chi connectivity index (χ0) is 25.9. The molecule has 0 fully saturated rings. The molecule has 0 aliphatic carbocycles. The Morgan fingerprint density at radius 1 is 0.946 bits per heavy atom. The average Bonchev–Trinajstić information content (AvgIpc) is 2.91. The Morgan fingerprint density at radius 3 is 2.35 bits per heavy atom. The van der Waals surface area contributed by atoms with E-state index >= 15 is 0 Å². The maximum atomic E-state index is 12.1. The number of hydrogen-bond acceptors (Lipinski definition) is 5. The molecule has 0 radical (unpaired) electrons. The third-order valence-corrected chi connectivity index (χ3v) is 6.34. The topological polar surface area (TPSA) is 85.2 Å². The monoisotopic (exact) mass is 502 g/mol. The van der Waals surface area contributed by atoms with Crippen LogP contribution in [0, 0.1) is 0 Å². The maximum absolute atomic E-state index is 12.1. The van der Waals surface area contributed by atoms with Gasteiger partial charge in [0.2, 0.25) is 0 Å². The zero-order valence-electron chi connectivity index (χ0n) is 20.9. The normalized spacial score (nSPS) is 17.9. The van der Waals surface area contributed by atoms with Crippen LogP contribution in [0.4, 0.5) is 0 Å². The fraction of sp³-hybridized carbons (Fsp3) is 0.323. The summed E-state index contributed by atoms with van der Waals surface area (Å²) in [5.41, 5.74) is 2.89. The number of carboxylic acids is 1. The SMILES string of the molecule is O=C(O)c1c(C[C@H]2C=CC[C@H](C[C@@H](O)CCOCc3ccccc3)O2)cccc1OCc1ccccc1. The number of benzene rings is 3. The van der Waals surface area contributed by atoms with E-state index in [1.165, 1.54) is 0 Å². The molecule has 0 spiro atoms. The van der Waals surface area contributed by atoms with Gasteiger partial charge in [-0.25, -0.2) is 4.79 Å². The summed E-state index contributed by atoms with van der Waals surface area (Å²) in [6.45, 7) is 1.29. The molecular weight excluding hydrogens is 468 g/mol. The predicted molar refractivity (Wildman–Crippen MR) is 142 cm³/mol. The maximum Gasteiger partial charge on any atom is 0.339 e. The van der Waals surface area contributed by atoms with E-state index < -0.39 is 12.1 Å². The van der Waals surface area contributed by atoms with Crippen LogP contribution in [0.5, 0.6) is 5.75 Å². The molecule has 2 N–H and O–H groups in total. The highest BCUT2D eigenvalue weighted by Gasteiger charge is 2.24. The second-order valence-corrected chi connectivity index (χ2v) is 9.25. The van der Waals surface area contributed by atoms with Crippen LogP contribution >= 0.6 is 0 Å². The Bertz CT molecular complexity index is 1140. The molecule has 194 valence electrons. The molecule has 0 unspecified atom stereocenters. The van der Waals surface area contributed by atoms with Crippen molar-refractivity contribution in [2.24, 2.45) is 0 Å². The summed E-state index contributed by atoms with van der Waals surface area (Å²) in [6, 6.07) is 24.9. The van der Waals surface area contributed by atoms with E-state index in [4.69, 9.17) is 14.2 Å². The van der Waals surface area contributed by atoms with Crippen molar-refractivity contribution in [3.63, 3.8) is 0 Å². The number of aliphatic hydroxyl groups excluding tert-OH is 1. The molecule has 4 rings (SSSR count). The van der Waals surface area contributed by atoms with E-state index in [2.05, 4.69) is 0 Å². The smallest absolute Gasteiger partial charge is 0.339 e. The molecule has 0 aromatic heterocycles. The van der Waals surface area contributed by atoms with Crippen LogP contribution in [0.25, 0.3) is 0 Å². The highest BCUT2D eigenvalue weighted by molar-refractivity contribution is 5.92. The molecule has 6 nitrogen and oxygen atoms in total. The lowest BCUT2D eigenvalue weighted by molar-refractivity contribution is -0.0277. The van der Waals surface area contributed by atoms with Crippen LogP contribution in [0.1, 0.15) is 46.3 Å². The molecule has 3 aromatic carbocycles. The quantitative estimate of drug-likeness (QED) is 0.235. The van der Waals surface area contributed by atoms with Gasteiger partial charge in [0.05, 0.1) is 24.9 Å². The Kier molecular flexibility index (Phi) is 9.89. The van der Waals surface area contributed by atoms with E-state index in [0.29, 0.717) is 56.8 Å². The van der Waals surface area contributed by atoms with Crippen LogP contribution in [0.15, 0.2) is 91.0 Å². The number of aliphatic hydroxyl groups is 1. The van der Waals surface area contributed by atoms with Crippen LogP contribution in [-0.2, 0) is 29.1 Å². The lowest BCUT2D eigenvalue weighted by atomic mass is 9.97. The van der Waals surface area contributed by atoms with Gasteiger partial charge in [0, 0.05) is 13.0 Å². The van der Waals surface area contributed by atoms with Gasteiger partial charge in [0.15, 0.2) is 0 Å². The number of carboxylic acid groups (broad SMARTS) is 1. The minimum Gasteiger partial charge on any atom is -0.488 e. The Labute approximate surface area is 218 Å². The van der Waals surface area contributed by atoms with Gasteiger partial charge in [0.1, 0.15) is 17.9 Å². The number of aromatic carboxylic acids is 1. The largest absolute Gasteiger partial charge is 0.488 e. The highest BCUT2D eigenvalue weighted by atomic mass is 16.5. The highest BCUT2D eigenvalue weighted by Crippen LogP contribution is 2.27.